The number of nitrogens with zero attached hydrogens (tertiary/aromatic N) is 5. The molecule has 0 aliphatic heterocycles. The molecule has 0 unspecified atom stereocenters. The van der Waals surface area contributed by atoms with Crippen molar-refractivity contribution in [2.45, 2.75) is 38.6 Å². The molecule has 0 radical (unpaired) electrons. The monoisotopic (exact) mass is 544 g/mol. The Balaban J connectivity index is 1.41. The first-order chi connectivity index (χ1) is 18.5. The van der Waals surface area contributed by atoms with Crippen molar-refractivity contribution in [3.05, 3.63) is 83.6 Å². The maximum Gasteiger partial charge on any atom is 0.417 e. The van der Waals surface area contributed by atoms with E-state index in [-0.39, 0.29) is 17.7 Å². The summed E-state index contributed by atoms with van der Waals surface area (Å²) in [7, 11) is 1.49. The van der Waals surface area contributed by atoms with Gasteiger partial charge in [-0.1, -0.05) is 12.1 Å². The Morgan fingerprint density at radius 2 is 1.85 bits per heavy atom. The Bertz CT molecular complexity index is 1460. The zero-order chi connectivity index (χ0) is 28.2. The number of aliphatic hydroxyl groups is 1. The molecule has 1 amide bonds. The van der Waals surface area contributed by atoms with Crippen LogP contribution in [0.3, 0.4) is 0 Å². The van der Waals surface area contributed by atoms with E-state index >= 15 is 0 Å². The van der Waals surface area contributed by atoms with Gasteiger partial charge in [-0.15, -0.1) is 5.10 Å². The van der Waals surface area contributed by atoms with Crippen LogP contribution in [0.1, 0.15) is 29.4 Å². The van der Waals surface area contributed by atoms with E-state index in [1.807, 2.05) is 0 Å². The summed E-state index contributed by atoms with van der Waals surface area (Å²) < 4.78 is 60.2. The highest BCUT2D eigenvalue weighted by Crippen LogP contribution is 2.30. The van der Waals surface area contributed by atoms with Gasteiger partial charge in [-0.05, 0) is 30.2 Å². The van der Waals surface area contributed by atoms with Crippen LogP contribution in [0.15, 0.2) is 55.2 Å². The van der Waals surface area contributed by atoms with Gasteiger partial charge >= 0.3 is 6.18 Å². The maximum atomic E-state index is 14.8. The normalized spacial score (nSPS) is 12.3. The maximum absolute atomic E-state index is 14.8. The first kappa shape index (κ1) is 27.6. The number of pyridine rings is 1. The molecule has 0 bridgehead atoms. The topological polar surface area (TPSA) is 115 Å². The van der Waals surface area contributed by atoms with E-state index in [1.165, 1.54) is 31.6 Å². The number of amides is 1. The number of carbonyl (C=O) groups is 1. The van der Waals surface area contributed by atoms with Crippen LogP contribution in [0.2, 0.25) is 0 Å². The fourth-order valence-corrected chi connectivity index (χ4v) is 3.78. The van der Waals surface area contributed by atoms with Gasteiger partial charge in [0.25, 0.3) is 0 Å². The molecule has 0 saturated heterocycles. The van der Waals surface area contributed by atoms with E-state index in [9.17, 15) is 27.5 Å². The number of alkyl halides is 3. The number of ether oxygens (including phenoxy) is 1. The molecule has 3 aromatic heterocycles. The number of hydrogen-bond donors (Lipinski definition) is 2. The summed E-state index contributed by atoms with van der Waals surface area (Å²) in [4.78, 5) is 24.5. The molecular weight excluding hydrogens is 520 g/mol. The third-order valence-electron chi connectivity index (χ3n) is 5.58. The molecule has 0 spiro atoms. The summed E-state index contributed by atoms with van der Waals surface area (Å²) in [6.45, 7) is 1.96. The molecule has 0 saturated carbocycles. The lowest BCUT2D eigenvalue weighted by atomic mass is 10.0. The second-order valence-corrected chi connectivity index (χ2v) is 8.79. The highest BCUT2D eigenvalue weighted by molar-refractivity contribution is 5.92. The molecule has 13 heteroatoms. The molecule has 1 atom stereocenters. The quantitative estimate of drug-likeness (QED) is 0.306. The van der Waals surface area contributed by atoms with Crippen LogP contribution >= 0.6 is 0 Å². The molecule has 4 rings (SSSR count). The van der Waals surface area contributed by atoms with Crippen LogP contribution < -0.4 is 10.1 Å². The van der Waals surface area contributed by atoms with E-state index in [4.69, 9.17) is 4.74 Å². The van der Waals surface area contributed by atoms with Crippen molar-refractivity contribution < 1.29 is 32.2 Å². The van der Waals surface area contributed by atoms with Gasteiger partial charge in [0, 0.05) is 42.3 Å². The molecular formula is C26H24F4N6O3. The largest absolute Gasteiger partial charge is 0.480 e. The average molecular weight is 545 g/mol. The molecule has 9 nitrogen and oxygen atoms in total. The smallest absolute Gasteiger partial charge is 0.417 e. The van der Waals surface area contributed by atoms with Crippen molar-refractivity contribution in [1.29, 1.82) is 0 Å². The van der Waals surface area contributed by atoms with Crippen molar-refractivity contribution >= 4 is 11.6 Å². The van der Waals surface area contributed by atoms with Crippen LogP contribution in [0, 0.1) is 5.82 Å². The van der Waals surface area contributed by atoms with E-state index in [0.29, 0.717) is 42.0 Å². The third-order valence-corrected chi connectivity index (χ3v) is 5.58. The minimum atomic E-state index is -4.60. The minimum absolute atomic E-state index is 0.0648. The standard InChI is InChI=1S/C26H24F4N6O3/c1-15(37)13-36-14-18(25(35-36)39-2)6-23-32-9-19(10-33-23)16-3-4-17(22(27)5-16)7-24(38)34-21-8-20(11-31-12-21)26(28,29)30/h3-5,8-12,14-15,37H,6-7,13H2,1-2H3,(H,34,38)/t15-/m0/s1. The molecule has 39 heavy (non-hydrogen) atoms. The number of carbonyl (C=O) groups excluding carboxylic acids is 1. The Kier molecular flexibility index (Phi) is 8.19. The highest BCUT2D eigenvalue weighted by atomic mass is 19.4. The zero-order valence-corrected chi connectivity index (χ0v) is 20.9. The van der Waals surface area contributed by atoms with Crippen LogP contribution in [0.4, 0.5) is 23.2 Å². The van der Waals surface area contributed by atoms with Crippen molar-refractivity contribution in [2.24, 2.45) is 0 Å². The molecule has 204 valence electrons. The minimum Gasteiger partial charge on any atom is -0.480 e. The lowest BCUT2D eigenvalue weighted by molar-refractivity contribution is -0.137. The second kappa shape index (κ2) is 11.6. The summed E-state index contributed by atoms with van der Waals surface area (Å²) >= 11 is 0. The van der Waals surface area contributed by atoms with Crippen LogP contribution in [-0.4, -0.2) is 49.0 Å². The molecule has 3 heterocycles. The highest BCUT2D eigenvalue weighted by Gasteiger charge is 2.31. The molecule has 1 aromatic carbocycles. The van der Waals surface area contributed by atoms with Crippen molar-refractivity contribution in [3.63, 3.8) is 0 Å². The lowest BCUT2D eigenvalue weighted by Crippen LogP contribution is -2.16. The van der Waals surface area contributed by atoms with E-state index < -0.39 is 29.6 Å². The van der Waals surface area contributed by atoms with Crippen LogP contribution in [0.25, 0.3) is 11.1 Å². The number of benzene rings is 1. The average Bonchev–Trinajstić information content (AvgIpc) is 3.25. The first-order valence-electron chi connectivity index (χ1n) is 11.7. The SMILES string of the molecule is COc1nn(C[C@H](C)O)cc1Cc1ncc(-c2ccc(CC(=O)Nc3cncc(C(F)(F)F)c3)c(F)c2)cn1. The van der Waals surface area contributed by atoms with Gasteiger partial charge in [-0.3, -0.25) is 14.5 Å². The number of rotatable bonds is 9. The predicted molar refractivity (Wildman–Crippen MR) is 132 cm³/mol. The number of hydrogen-bond acceptors (Lipinski definition) is 7. The Morgan fingerprint density at radius 1 is 1.10 bits per heavy atom. The van der Waals surface area contributed by atoms with E-state index in [0.717, 1.165) is 17.8 Å². The van der Waals surface area contributed by atoms with Gasteiger partial charge < -0.3 is 15.2 Å². The van der Waals surface area contributed by atoms with Crippen molar-refractivity contribution in [2.75, 3.05) is 12.4 Å². The van der Waals surface area contributed by atoms with Gasteiger partial charge in [0.2, 0.25) is 11.8 Å². The number of nitrogens with one attached hydrogen (secondary N) is 1. The summed E-state index contributed by atoms with van der Waals surface area (Å²) in [6, 6.07) is 5.00. The molecule has 0 aliphatic rings. The number of aromatic nitrogens is 5. The molecule has 2 N–H and O–H groups in total. The van der Waals surface area contributed by atoms with Gasteiger partial charge in [-0.25, -0.2) is 14.4 Å². The molecule has 0 aliphatic carbocycles. The summed E-state index contributed by atoms with van der Waals surface area (Å²) in [5, 5.41) is 16.1. The van der Waals surface area contributed by atoms with Gasteiger partial charge in [-0.2, -0.15) is 13.2 Å². The zero-order valence-electron chi connectivity index (χ0n) is 20.9. The summed E-state index contributed by atoms with van der Waals surface area (Å²) in [5.41, 5.74) is 0.676. The number of halogens is 4. The Morgan fingerprint density at radius 3 is 2.49 bits per heavy atom. The summed E-state index contributed by atoms with van der Waals surface area (Å²) in [6.07, 6.45) is 1.31. The van der Waals surface area contributed by atoms with Gasteiger partial charge in [0.05, 0.1) is 43.6 Å². The Labute approximate surface area is 220 Å². The van der Waals surface area contributed by atoms with E-state index in [2.05, 4.69) is 25.4 Å². The van der Waals surface area contributed by atoms with Gasteiger partial charge in [0.1, 0.15) is 11.6 Å². The van der Waals surface area contributed by atoms with Crippen LogP contribution in [-0.2, 0) is 30.4 Å². The number of methoxy groups -OCH3 is 1. The predicted octanol–water partition coefficient (Wildman–Crippen LogP) is 4.05. The molecule has 0 fully saturated rings. The fourth-order valence-electron chi connectivity index (χ4n) is 3.78. The number of anilines is 1. The number of aliphatic hydroxyl groups excluding tert-OH is 1. The lowest BCUT2D eigenvalue weighted by Gasteiger charge is -2.10. The fraction of sp³-hybridized carbons (Fsp3) is 0.269. The summed E-state index contributed by atoms with van der Waals surface area (Å²) in [5.74, 6) is -0.479. The van der Waals surface area contributed by atoms with Crippen LogP contribution in [0.5, 0.6) is 5.88 Å². The second-order valence-electron chi connectivity index (χ2n) is 8.79. The third kappa shape index (κ3) is 7.13. The Hall–Kier alpha value is -4.39. The van der Waals surface area contributed by atoms with Crippen molar-refractivity contribution in [1.82, 2.24) is 24.7 Å². The van der Waals surface area contributed by atoms with Crippen molar-refractivity contribution in [3.8, 4) is 17.0 Å². The molecule has 4 aromatic rings. The first-order valence-corrected chi connectivity index (χ1v) is 11.7. The van der Waals surface area contributed by atoms with E-state index in [1.54, 1.807) is 23.9 Å². The van der Waals surface area contributed by atoms with Gasteiger partial charge in [0.15, 0.2) is 0 Å².